The quantitative estimate of drug-likeness (QED) is 0.713. The van der Waals surface area contributed by atoms with Gasteiger partial charge in [-0.15, -0.1) is 0 Å². The van der Waals surface area contributed by atoms with Crippen LogP contribution in [0.2, 0.25) is 0 Å². The highest BCUT2D eigenvalue weighted by atomic mass is 19.4. The van der Waals surface area contributed by atoms with E-state index in [0.29, 0.717) is 6.04 Å². The van der Waals surface area contributed by atoms with Crippen LogP contribution in [0.5, 0.6) is 0 Å². The molecule has 1 saturated carbocycles. The molecule has 5 heteroatoms. The molecule has 0 aliphatic heterocycles. The predicted octanol–water partition coefficient (Wildman–Crippen LogP) is 3.51. The first-order valence-corrected chi connectivity index (χ1v) is 6.69. The summed E-state index contributed by atoms with van der Waals surface area (Å²) in [5.41, 5.74) is 0.0212. The van der Waals surface area contributed by atoms with E-state index < -0.39 is 12.6 Å². The third-order valence-corrected chi connectivity index (χ3v) is 3.74. The number of halogens is 3. The Bertz CT molecular complexity index is 253. The molecule has 2 nitrogen and oxygen atoms in total. The molecule has 2 atom stereocenters. The van der Waals surface area contributed by atoms with E-state index in [9.17, 15) is 13.2 Å². The second-order valence-electron chi connectivity index (χ2n) is 5.64. The van der Waals surface area contributed by atoms with Gasteiger partial charge in [0.15, 0.2) is 0 Å². The molecule has 0 aromatic heterocycles. The van der Waals surface area contributed by atoms with Crippen molar-refractivity contribution in [2.45, 2.75) is 64.8 Å². The zero-order valence-electron chi connectivity index (χ0n) is 11.4. The van der Waals surface area contributed by atoms with E-state index in [2.05, 4.69) is 26.1 Å². The number of hydrogen-bond donors (Lipinski definition) is 1. The van der Waals surface area contributed by atoms with Gasteiger partial charge in [-0.1, -0.05) is 20.8 Å². The summed E-state index contributed by atoms with van der Waals surface area (Å²) in [6, 6.07) is 0.421. The fourth-order valence-electron chi connectivity index (χ4n) is 2.33. The Kier molecular flexibility index (Phi) is 5.46. The van der Waals surface area contributed by atoms with Crippen LogP contribution in [-0.4, -0.2) is 31.5 Å². The Labute approximate surface area is 107 Å². The van der Waals surface area contributed by atoms with Crippen molar-refractivity contribution in [2.24, 2.45) is 5.41 Å². The Balaban J connectivity index is 2.18. The molecule has 1 rings (SSSR count). The van der Waals surface area contributed by atoms with Crippen LogP contribution in [0.25, 0.3) is 0 Å². The average Bonchev–Trinajstić information content (AvgIpc) is 2.24. The van der Waals surface area contributed by atoms with Crippen LogP contribution in [0.1, 0.15) is 46.5 Å². The van der Waals surface area contributed by atoms with Crippen LogP contribution in [-0.2, 0) is 4.74 Å². The first-order chi connectivity index (χ1) is 8.27. The minimum atomic E-state index is -4.07. The molecule has 1 N–H and O–H groups in total. The van der Waals surface area contributed by atoms with Crippen molar-refractivity contribution in [1.29, 1.82) is 0 Å². The number of nitrogens with one attached hydrogen (secondary N) is 1. The molecule has 18 heavy (non-hydrogen) atoms. The Morgan fingerprint density at radius 1 is 1.33 bits per heavy atom. The monoisotopic (exact) mass is 267 g/mol. The van der Waals surface area contributed by atoms with Crippen molar-refractivity contribution >= 4 is 0 Å². The SMILES string of the molecule is CCCNC1CC(OCCCC(F)(F)F)C1(C)C. The zero-order valence-corrected chi connectivity index (χ0v) is 11.4. The van der Waals surface area contributed by atoms with Gasteiger partial charge in [-0.3, -0.25) is 0 Å². The van der Waals surface area contributed by atoms with E-state index in [1.54, 1.807) is 0 Å². The van der Waals surface area contributed by atoms with E-state index >= 15 is 0 Å². The van der Waals surface area contributed by atoms with Gasteiger partial charge < -0.3 is 10.1 Å². The summed E-state index contributed by atoms with van der Waals surface area (Å²) in [5, 5.41) is 3.44. The van der Waals surface area contributed by atoms with Gasteiger partial charge in [0.05, 0.1) is 6.10 Å². The highest BCUT2D eigenvalue weighted by Gasteiger charge is 2.48. The minimum Gasteiger partial charge on any atom is -0.378 e. The van der Waals surface area contributed by atoms with Crippen molar-refractivity contribution in [3.8, 4) is 0 Å². The summed E-state index contributed by atoms with van der Waals surface area (Å²) in [5.74, 6) is 0. The van der Waals surface area contributed by atoms with Crippen LogP contribution >= 0.6 is 0 Å². The van der Waals surface area contributed by atoms with Crippen LogP contribution in [0.3, 0.4) is 0 Å². The molecule has 0 saturated heterocycles. The van der Waals surface area contributed by atoms with Crippen molar-refractivity contribution in [3.63, 3.8) is 0 Å². The largest absolute Gasteiger partial charge is 0.389 e. The molecule has 108 valence electrons. The summed E-state index contributed by atoms with van der Waals surface area (Å²) in [7, 11) is 0. The fraction of sp³-hybridized carbons (Fsp3) is 1.00. The molecular weight excluding hydrogens is 243 g/mol. The molecule has 2 unspecified atom stereocenters. The van der Waals surface area contributed by atoms with Gasteiger partial charge in [0, 0.05) is 24.5 Å². The van der Waals surface area contributed by atoms with Crippen molar-refractivity contribution in [3.05, 3.63) is 0 Å². The molecule has 1 aliphatic rings. The van der Waals surface area contributed by atoms with Crippen LogP contribution < -0.4 is 5.32 Å². The van der Waals surface area contributed by atoms with Crippen molar-refractivity contribution in [1.82, 2.24) is 5.32 Å². The maximum atomic E-state index is 12.0. The summed E-state index contributed by atoms with van der Waals surface area (Å²) in [6.07, 6.45) is -2.69. The van der Waals surface area contributed by atoms with Crippen LogP contribution in [0.15, 0.2) is 0 Å². The lowest BCUT2D eigenvalue weighted by Crippen LogP contribution is -2.61. The van der Waals surface area contributed by atoms with Gasteiger partial charge in [-0.2, -0.15) is 13.2 Å². The van der Waals surface area contributed by atoms with Crippen LogP contribution in [0, 0.1) is 5.41 Å². The lowest BCUT2D eigenvalue weighted by Gasteiger charge is -2.52. The zero-order chi connectivity index (χ0) is 13.8. The van der Waals surface area contributed by atoms with Gasteiger partial charge in [-0.25, -0.2) is 0 Å². The maximum Gasteiger partial charge on any atom is 0.389 e. The summed E-state index contributed by atoms with van der Waals surface area (Å²) in [6.45, 7) is 7.52. The Hall–Kier alpha value is -0.290. The van der Waals surface area contributed by atoms with Crippen molar-refractivity contribution < 1.29 is 17.9 Å². The number of alkyl halides is 3. The lowest BCUT2D eigenvalue weighted by molar-refractivity contribution is -0.149. The first kappa shape index (κ1) is 15.8. The second-order valence-corrected chi connectivity index (χ2v) is 5.64. The molecule has 1 fully saturated rings. The molecule has 0 heterocycles. The smallest absolute Gasteiger partial charge is 0.378 e. The fourth-order valence-corrected chi connectivity index (χ4v) is 2.33. The second kappa shape index (κ2) is 6.24. The molecular formula is C13H24F3NO. The molecule has 0 aromatic rings. The van der Waals surface area contributed by atoms with Gasteiger partial charge >= 0.3 is 6.18 Å². The third-order valence-electron chi connectivity index (χ3n) is 3.74. The molecule has 0 aromatic carbocycles. The van der Waals surface area contributed by atoms with Gasteiger partial charge in [0.2, 0.25) is 0 Å². The lowest BCUT2D eigenvalue weighted by atomic mass is 9.64. The number of ether oxygens (including phenoxy) is 1. The average molecular weight is 267 g/mol. The molecule has 0 amide bonds. The molecule has 1 aliphatic carbocycles. The highest BCUT2D eigenvalue weighted by Crippen LogP contribution is 2.42. The summed E-state index contributed by atoms with van der Waals surface area (Å²) in [4.78, 5) is 0. The first-order valence-electron chi connectivity index (χ1n) is 6.69. The number of hydrogen-bond acceptors (Lipinski definition) is 2. The van der Waals surface area contributed by atoms with Crippen LogP contribution in [0.4, 0.5) is 13.2 Å². The highest BCUT2D eigenvalue weighted by molar-refractivity contribution is 5.02. The Morgan fingerprint density at radius 2 is 2.00 bits per heavy atom. The normalized spacial score (nSPS) is 27.0. The third kappa shape index (κ3) is 4.43. The Morgan fingerprint density at radius 3 is 2.50 bits per heavy atom. The van der Waals surface area contributed by atoms with E-state index in [1.165, 1.54) is 0 Å². The topological polar surface area (TPSA) is 21.3 Å². The van der Waals surface area contributed by atoms with E-state index in [4.69, 9.17) is 4.74 Å². The van der Waals surface area contributed by atoms with Crippen molar-refractivity contribution in [2.75, 3.05) is 13.2 Å². The van der Waals surface area contributed by atoms with Gasteiger partial charge in [0.1, 0.15) is 0 Å². The molecule has 0 bridgehead atoms. The van der Waals surface area contributed by atoms with E-state index in [0.717, 1.165) is 19.4 Å². The van der Waals surface area contributed by atoms with Gasteiger partial charge in [-0.05, 0) is 25.8 Å². The summed E-state index contributed by atoms with van der Waals surface area (Å²) >= 11 is 0. The van der Waals surface area contributed by atoms with E-state index in [-0.39, 0.29) is 24.5 Å². The van der Waals surface area contributed by atoms with E-state index in [1.807, 2.05) is 0 Å². The standard InChI is InChI=1S/C13H24F3NO/c1-4-7-17-10-9-11(12(10,2)3)18-8-5-6-13(14,15)16/h10-11,17H,4-9H2,1-3H3. The minimum absolute atomic E-state index is 0.0212. The molecule has 0 radical (unpaired) electrons. The molecule has 0 spiro atoms. The number of rotatable bonds is 7. The predicted molar refractivity (Wildman–Crippen MR) is 65.5 cm³/mol. The summed E-state index contributed by atoms with van der Waals surface area (Å²) < 4.78 is 41.5. The maximum absolute atomic E-state index is 12.0. The van der Waals surface area contributed by atoms with Gasteiger partial charge in [0.25, 0.3) is 0 Å².